The number of carbonyl (C=O) groups is 4. The van der Waals surface area contributed by atoms with Crippen molar-refractivity contribution >= 4 is 23.5 Å². The predicted octanol–water partition coefficient (Wildman–Crippen LogP) is 2.78. The number of hydrogen-bond donors (Lipinski definition) is 0. The second-order valence-corrected chi connectivity index (χ2v) is 6.07. The standard InChI is InChI=1S/C10H14O2.C8H14O4/c1-7(11)9-5-3-4-6-10(9)8(2)12;1-5(2)7(8(10)11-4)12-6(3)9/h3-6H2,1-2H3;5,7H,1-4H3. The molecular weight excluding hydrogens is 312 g/mol. The van der Waals surface area contributed by atoms with Crippen LogP contribution in [0.1, 0.15) is 60.3 Å². The van der Waals surface area contributed by atoms with Crippen LogP contribution in [0, 0.1) is 5.92 Å². The van der Waals surface area contributed by atoms with Gasteiger partial charge in [0.15, 0.2) is 11.6 Å². The first-order chi connectivity index (χ1) is 11.1. The van der Waals surface area contributed by atoms with Gasteiger partial charge in [0.05, 0.1) is 7.11 Å². The Kier molecular flexibility index (Phi) is 9.85. The molecule has 0 saturated heterocycles. The normalized spacial score (nSPS) is 15.1. The minimum Gasteiger partial charge on any atom is -0.466 e. The van der Waals surface area contributed by atoms with Crippen molar-refractivity contribution in [2.45, 2.75) is 66.4 Å². The highest BCUT2D eigenvalue weighted by atomic mass is 16.6. The molecule has 6 nitrogen and oxygen atoms in total. The monoisotopic (exact) mass is 340 g/mol. The predicted molar refractivity (Wildman–Crippen MR) is 89.3 cm³/mol. The third-order valence-electron chi connectivity index (χ3n) is 3.65. The van der Waals surface area contributed by atoms with Crippen molar-refractivity contribution < 1.29 is 28.7 Å². The second kappa shape index (κ2) is 10.7. The van der Waals surface area contributed by atoms with Crippen molar-refractivity contribution in [3.63, 3.8) is 0 Å². The largest absolute Gasteiger partial charge is 0.466 e. The highest BCUT2D eigenvalue weighted by Crippen LogP contribution is 2.25. The number of ether oxygens (including phenoxy) is 2. The maximum absolute atomic E-state index is 11.1. The maximum Gasteiger partial charge on any atom is 0.347 e. The number of hydrogen-bond acceptors (Lipinski definition) is 6. The van der Waals surface area contributed by atoms with Crippen LogP contribution >= 0.6 is 0 Å². The van der Waals surface area contributed by atoms with Crippen molar-refractivity contribution in [1.82, 2.24) is 0 Å². The molecule has 0 aromatic rings. The number of Topliss-reactive ketones (excluding diaryl/α,β-unsaturated/α-hetero) is 2. The lowest BCUT2D eigenvalue weighted by Crippen LogP contribution is -2.32. The van der Waals surface area contributed by atoms with E-state index in [0.29, 0.717) is 0 Å². The SMILES string of the molecule is CC(=O)C1=C(C(C)=O)CCCC1.COC(=O)C(OC(C)=O)C(C)C. The summed E-state index contributed by atoms with van der Waals surface area (Å²) in [5, 5.41) is 0. The molecule has 0 aromatic heterocycles. The van der Waals surface area contributed by atoms with Gasteiger partial charge in [0, 0.05) is 24.0 Å². The van der Waals surface area contributed by atoms with Gasteiger partial charge in [0.1, 0.15) is 0 Å². The number of allylic oxidation sites excluding steroid dienone is 2. The van der Waals surface area contributed by atoms with Crippen LogP contribution in [0.25, 0.3) is 0 Å². The molecule has 136 valence electrons. The molecule has 0 radical (unpaired) electrons. The van der Waals surface area contributed by atoms with E-state index in [2.05, 4.69) is 4.74 Å². The van der Waals surface area contributed by atoms with Crippen molar-refractivity contribution in [1.29, 1.82) is 0 Å². The van der Waals surface area contributed by atoms with Gasteiger partial charge in [-0.05, 0) is 39.5 Å². The van der Waals surface area contributed by atoms with Crippen LogP contribution in [0.15, 0.2) is 11.1 Å². The van der Waals surface area contributed by atoms with E-state index in [1.807, 2.05) is 0 Å². The van der Waals surface area contributed by atoms with E-state index in [4.69, 9.17) is 4.74 Å². The molecule has 1 aliphatic carbocycles. The van der Waals surface area contributed by atoms with Crippen molar-refractivity contribution in [2.75, 3.05) is 7.11 Å². The average Bonchev–Trinajstić information content (AvgIpc) is 2.51. The number of carbonyl (C=O) groups excluding carboxylic acids is 4. The maximum atomic E-state index is 11.1. The minimum absolute atomic E-state index is 0.0682. The summed E-state index contributed by atoms with van der Waals surface area (Å²) < 4.78 is 9.21. The second-order valence-electron chi connectivity index (χ2n) is 6.07. The van der Waals surface area contributed by atoms with Gasteiger partial charge in [-0.3, -0.25) is 14.4 Å². The third-order valence-corrected chi connectivity index (χ3v) is 3.65. The molecule has 1 atom stereocenters. The molecule has 0 aliphatic heterocycles. The molecule has 6 heteroatoms. The molecule has 0 aromatic carbocycles. The summed E-state index contributed by atoms with van der Waals surface area (Å²) in [5.74, 6) is -0.916. The topological polar surface area (TPSA) is 86.7 Å². The number of ketones is 2. The molecule has 0 spiro atoms. The molecule has 0 fully saturated rings. The Balaban J connectivity index is 0.000000441. The summed E-state index contributed by atoms with van der Waals surface area (Å²) in [7, 11) is 1.27. The van der Waals surface area contributed by atoms with Gasteiger partial charge in [0.2, 0.25) is 6.10 Å². The zero-order valence-corrected chi connectivity index (χ0v) is 15.4. The van der Waals surface area contributed by atoms with E-state index in [1.54, 1.807) is 27.7 Å². The van der Waals surface area contributed by atoms with Crippen LogP contribution in [-0.4, -0.2) is 36.7 Å². The van der Waals surface area contributed by atoms with E-state index in [9.17, 15) is 19.2 Å². The number of esters is 2. The highest BCUT2D eigenvalue weighted by molar-refractivity contribution is 6.04. The van der Waals surface area contributed by atoms with Gasteiger partial charge in [-0.25, -0.2) is 4.79 Å². The van der Waals surface area contributed by atoms with Gasteiger partial charge in [-0.1, -0.05) is 13.8 Å². The Bertz CT molecular complexity index is 490. The van der Waals surface area contributed by atoms with Gasteiger partial charge in [0.25, 0.3) is 0 Å². The Morgan fingerprint density at radius 2 is 1.29 bits per heavy atom. The number of methoxy groups -OCH3 is 1. The van der Waals surface area contributed by atoms with E-state index in [-0.39, 0.29) is 17.5 Å². The highest BCUT2D eigenvalue weighted by Gasteiger charge is 2.25. The van der Waals surface area contributed by atoms with Gasteiger partial charge in [-0.15, -0.1) is 0 Å². The molecule has 0 heterocycles. The van der Waals surface area contributed by atoms with E-state index >= 15 is 0 Å². The van der Waals surface area contributed by atoms with Gasteiger partial charge < -0.3 is 9.47 Å². The van der Waals surface area contributed by atoms with Crippen LogP contribution in [0.2, 0.25) is 0 Å². The summed E-state index contributed by atoms with van der Waals surface area (Å²) in [6.45, 7) is 7.92. The molecule has 24 heavy (non-hydrogen) atoms. The van der Waals surface area contributed by atoms with Crippen LogP contribution in [0.5, 0.6) is 0 Å². The lowest BCUT2D eigenvalue weighted by Gasteiger charge is -2.17. The fraction of sp³-hybridized carbons (Fsp3) is 0.667. The van der Waals surface area contributed by atoms with Crippen molar-refractivity contribution in [2.24, 2.45) is 5.92 Å². The molecule has 1 rings (SSSR count). The molecule has 1 aliphatic rings. The summed E-state index contributed by atoms with van der Waals surface area (Å²) in [5.41, 5.74) is 1.54. The average molecular weight is 340 g/mol. The Morgan fingerprint density at radius 3 is 1.54 bits per heavy atom. The van der Waals surface area contributed by atoms with E-state index in [1.165, 1.54) is 14.0 Å². The van der Waals surface area contributed by atoms with E-state index in [0.717, 1.165) is 36.8 Å². The molecule has 1 unspecified atom stereocenters. The zero-order valence-electron chi connectivity index (χ0n) is 15.4. The van der Waals surface area contributed by atoms with Crippen LogP contribution in [-0.2, 0) is 28.7 Å². The summed E-state index contributed by atoms with van der Waals surface area (Å²) >= 11 is 0. The molecule has 0 amide bonds. The first-order valence-corrected chi connectivity index (χ1v) is 8.10. The van der Waals surface area contributed by atoms with Crippen molar-refractivity contribution in [3.8, 4) is 0 Å². The van der Waals surface area contributed by atoms with E-state index < -0.39 is 18.0 Å². The summed E-state index contributed by atoms with van der Waals surface area (Å²) in [6.07, 6.45) is 2.90. The Morgan fingerprint density at radius 1 is 0.875 bits per heavy atom. The van der Waals surface area contributed by atoms with Gasteiger partial charge >= 0.3 is 11.9 Å². The summed E-state index contributed by atoms with van der Waals surface area (Å²) in [4.78, 5) is 43.7. The fourth-order valence-corrected chi connectivity index (χ4v) is 2.43. The first-order valence-electron chi connectivity index (χ1n) is 8.10. The Hall–Kier alpha value is -1.98. The third kappa shape index (κ3) is 7.53. The molecule has 0 bridgehead atoms. The molecule has 0 saturated carbocycles. The zero-order chi connectivity index (χ0) is 18.9. The quantitative estimate of drug-likeness (QED) is 0.715. The van der Waals surface area contributed by atoms with Gasteiger partial charge in [-0.2, -0.15) is 0 Å². The smallest absolute Gasteiger partial charge is 0.347 e. The van der Waals surface area contributed by atoms with Crippen LogP contribution in [0.3, 0.4) is 0 Å². The molecule has 0 N–H and O–H groups in total. The van der Waals surface area contributed by atoms with Crippen molar-refractivity contribution in [3.05, 3.63) is 11.1 Å². The lowest BCUT2D eigenvalue weighted by molar-refractivity contribution is -0.167. The van der Waals surface area contributed by atoms with Crippen LogP contribution < -0.4 is 0 Å². The fourth-order valence-electron chi connectivity index (χ4n) is 2.43. The summed E-state index contributed by atoms with van der Waals surface area (Å²) in [6, 6.07) is 0. The minimum atomic E-state index is -0.785. The first kappa shape index (κ1) is 22.0. The lowest BCUT2D eigenvalue weighted by atomic mass is 9.88. The molecular formula is C18H28O6. The number of rotatable bonds is 5. The Labute approximate surface area is 143 Å². The van der Waals surface area contributed by atoms with Crippen LogP contribution in [0.4, 0.5) is 0 Å².